The van der Waals surface area contributed by atoms with Crippen LogP contribution in [0.4, 0.5) is 0 Å². The maximum Gasteiger partial charge on any atom is 0.261 e. The predicted octanol–water partition coefficient (Wildman–Crippen LogP) is 4.45. The molecule has 3 nitrogen and oxygen atoms in total. The molecule has 3 rings (SSSR count). The molecule has 1 aliphatic carbocycles. The minimum absolute atomic E-state index is 0.0209. The van der Waals surface area contributed by atoms with Crippen LogP contribution in [0.2, 0.25) is 0 Å². The molecule has 0 radical (unpaired) electrons. The highest BCUT2D eigenvalue weighted by molar-refractivity contribution is 5.84. The summed E-state index contributed by atoms with van der Waals surface area (Å²) < 4.78 is 5.96. The van der Waals surface area contributed by atoms with Crippen molar-refractivity contribution < 1.29 is 9.53 Å². The van der Waals surface area contributed by atoms with Gasteiger partial charge < -0.3 is 10.1 Å². The van der Waals surface area contributed by atoms with Crippen LogP contribution < -0.4 is 10.1 Å². The second-order valence-corrected chi connectivity index (χ2v) is 6.37. The van der Waals surface area contributed by atoms with Crippen LogP contribution in [-0.2, 0) is 4.79 Å². The molecule has 0 bridgehead atoms. The fourth-order valence-corrected chi connectivity index (χ4v) is 3.27. The first kappa shape index (κ1) is 15.9. The van der Waals surface area contributed by atoms with Gasteiger partial charge >= 0.3 is 0 Å². The highest BCUT2D eigenvalue weighted by Crippen LogP contribution is 2.22. The van der Waals surface area contributed by atoms with Gasteiger partial charge in [0.2, 0.25) is 0 Å². The molecule has 0 aromatic heterocycles. The molecular formula is C20H25NO2. The van der Waals surface area contributed by atoms with Gasteiger partial charge in [-0.25, -0.2) is 0 Å². The first-order valence-electron chi connectivity index (χ1n) is 8.72. The fourth-order valence-electron chi connectivity index (χ4n) is 3.27. The zero-order chi connectivity index (χ0) is 16.1. The van der Waals surface area contributed by atoms with Crippen molar-refractivity contribution in [1.82, 2.24) is 5.32 Å². The standard InChI is InChI=1S/C20H25NO2/c1-2-19(20(22)21-17-10-4-3-5-11-17)23-18-13-12-15-8-6-7-9-16(15)14-18/h6-9,12-14,17,19H,2-5,10-11H2,1H3,(H,21,22). The molecule has 1 fully saturated rings. The molecule has 3 heteroatoms. The first-order valence-corrected chi connectivity index (χ1v) is 8.72. The van der Waals surface area contributed by atoms with E-state index >= 15 is 0 Å². The number of benzene rings is 2. The summed E-state index contributed by atoms with van der Waals surface area (Å²) in [5, 5.41) is 5.48. The van der Waals surface area contributed by atoms with Crippen LogP contribution in [0.15, 0.2) is 42.5 Å². The number of hydrogen-bond donors (Lipinski definition) is 1. The lowest BCUT2D eigenvalue weighted by Crippen LogP contribution is -2.44. The lowest BCUT2D eigenvalue weighted by atomic mass is 9.95. The highest BCUT2D eigenvalue weighted by Gasteiger charge is 2.22. The number of ether oxygens (including phenoxy) is 1. The lowest BCUT2D eigenvalue weighted by molar-refractivity contribution is -0.129. The van der Waals surface area contributed by atoms with E-state index in [0.29, 0.717) is 12.5 Å². The van der Waals surface area contributed by atoms with Crippen molar-refractivity contribution in [1.29, 1.82) is 0 Å². The van der Waals surface area contributed by atoms with Crippen LogP contribution in [0.5, 0.6) is 5.75 Å². The third-order valence-electron chi connectivity index (χ3n) is 4.61. The molecule has 2 aromatic carbocycles. The molecule has 0 heterocycles. The molecule has 2 aromatic rings. The maximum absolute atomic E-state index is 12.5. The normalized spacial score (nSPS) is 16.9. The Kier molecular flexibility index (Phi) is 5.16. The summed E-state index contributed by atoms with van der Waals surface area (Å²) in [5.41, 5.74) is 0. The van der Waals surface area contributed by atoms with Crippen molar-refractivity contribution in [2.45, 2.75) is 57.6 Å². The van der Waals surface area contributed by atoms with E-state index in [9.17, 15) is 4.79 Å². The van der Waals surface area contributed by atoms with Crippen LogP contribution in [0.3, 0.4) is 0 Å². The van der Waals surface area contributed by atoms with Crippen molar-refractivity contribution in [3.05, 3.63) is 42.5 Å². The van der Waals surface area contributed by atoms with E-state index in [0.717, 1.165) is 24.0 Å². The quantitative estimate of drug-likeness (QED) is 0.886. The van der Waals surface area contributed by atoms with E-state index in [-0.39, 0.29) is 5.91 Å². The van der Waals surface area contributed by atoms with Gasteiger partial charge in [0.1, 0.15) is 5.75 Å². The summed E-state index contributed by atoms with van der Waals surface area (Å²) in [5.74, 6) is 0.780. The van der Waals surface area contributed by atoms with Crippen molar-refractivity contribution in [3.8, 4) is 5.75 Å². The lowest BCUT2D eigenvalue weighted by Gasteiger charge is -2.25. The van der Waals surface area contributed by atoms with Crippen molar-refractivity contribution in [2.75, 3.05) is 0 Å². The predicted molar refractivity (Wildman–Crippen MR) is 93.7 cm³/mol. The summed E-state index contributed by atoms with van der Waals surface area (Å²) in [7, 11) is 0. The van der Waals surface area contributed by atoms with E-state index in [4.69, 9.17) is 4.74 Å². The Labute approximate surface area is 138 Å². The van der Waals surface area contributed by atoms with Crippen molar-refractivity contribution in [2.24, 2.45) is 0 Å². The van der Waals surface area contributed by atoms with Gasteiger partial charge in [-0.3, -0.25) is 4.79 Å². The van der Waals surface area contributed by atoms with E-state index in [1.807, 2.05) is 37.3 Å². The minimum Gasteiger partial charge on any atom is -0.481 e. The molecule has 23 heavy (non-hydrogen) atoms. The summed E-state index contributed by atoms with van der Waals surface area (Å²) in [6, 6.07) is 14.5. The highest BCUT2D eigenvalue weighted by atomic mass is 16.5. The van der Waals surface area contributed by atoms with Gasteiger partial charge in [0, 0.05) is 6.04 Å². The Bertz CT molecular complexity index is 661. The Hall–Kier alpha value is -2.03. The average Bonchev–Trinajstić information content (AvgIpc) is 2.60. The Morgan fingerprint density at radius 1 is 1.13 bits per heavy atom. The topological polar surface area (TPSA) is 38.3 Å². The van der Waals surface area contributed by atoms with E-state index in [1.54, 1.807) is 0 Å². The van der Waals surface area contributed by atoms with Gasteiger partial charge in [-0.15, -0.1) is 0 Å². The third-order valence-corrected chi connectivity index (χ3v) is 4.61. The maximum atomic E-state index is 12.5. The summed E-state index contributed by atoms with van der Waals surface area (Å²) >= 11 is 0. The molecule has 1 atom stereocenters. The van der Waals surface area contributed by atoms with Gasteiger partial charge in [-0.1, -0.05) is 56.5 Å². The Balaban J connectivity index is 1.66. The largest absolute Gasteiger partial charge is 0.481 e. The van der Waals surface area contributed by atoms with Crippen LogP contribution in [0.25, 0.3) is 10.8 Å². The van der Waals surface area contributed by atoms with Gasteiger partial charge in [-0.2, -0.15) is 0 Å². The second-order valence-electron chi connectivity index (χ2n) is 6.37. The smallest absolute Gasteiger partial charge is 0.261 e. The number of amides is 1. The zero-order valence-electron chi connectivity index (χ0n) is 13.8. The minimum atomic E-state index is -0.418. The summed E-state index contributed by atoms with van der Waals surface area (Å²) in [6.07, 6.45) is 6.16. The Morgan fingerprint density at radius 3 is 2.61 bits per heavy atom. The number of hydrogen-bond acceptors (Lipinski definition) is 2. The molecule has 0 spiro atoms. The molecule has 1 saturated carbocycles. The van der Waals surface area contributed by atoms with Gasteiger partial charge in [0.15, 0.2) is 6.10 Å². The van der Waals surface area contributed by atoms with E-state index < -0.39 is 6.10 Å². The number of carbonyl (C=O) groups excluding carboxylic acids is 1. The number of fused-ring (bicyclic) bond motifs is 1. The van der Waals surface area contributed by atoms with E-state index in [1.165, 1.54) is 24.6 Å². The molecule has 1 amide bonds. The van der Waals surface area contributed by atoms with Crippen LogP contribution in [0, 0.1) is 0 Å². The number of carbonyl (C=O) groups is 1. The van der Waals surface area contributed by atoms with Gasteiger partial charge in [0.05, 0.1) is 0 Å². The van der Waals surface area contributed by atoms with Crippen molar-refractivity contribution >= 4 is 16.7 Å². The molecule has 122 valence electrons. The molecule has 0 saturated heterocycles. The number of nitrogens with one attached hydrogen (secondary N) is 1. The molecule has 1 N–H and O–H groups in total. The molecule has 1 unspecified atom stereocenters. The monoisotopic (exact) mass is 311 g/mol. The van der Waals surface area contributed by atoms with E-state index in [2.05, 4.69) is 17.4 Å². The SMILES string of the molecule is CCC(Oc1ccc2ccccc2c1)C(=O)NC1CCCCC1. The van der Waals surface area contributed by atoms with Crippen molar-refractivity contribution in [3.63, 3.8) is 0 Å². The number of rotatable bonds is 5. The second kappa shape index (κ2) is 7.49. The molecule has 1 aliphatic rings. The van der Waals surface area contributed by atoms with Gasteiger partial charge in [0.25, 0.3) is 5.91 Å². The zero-order valence-corrected chi connectivity index (χ0v) is 13.8. The van der Waals surface area contributed by atoms with Crippen LogP contribution in [-0.4, -0.2) is 18.1 Å². The first-order chi connectivity index (χ1) is 11.3. The average molecular weight is 311 g/mol. The Morgan fingerprint density at radius 2 is 1.87 bits per heavy atom. The summed E-state index contributed by atoms with van der Waals surface area (Å²) in [6.45, 7) is 1.99. The third kappa shape index (κ3) is 4.04. The fraction of sp³-hybridized carbons (Fsp3) is 0.450. The summed E-state index contributed by atoms with van der Waals surface area (Å²) in [4.78, 5) is 12.5. The molecular weight excluding hydrogens is 286 g/mol. The molecule has 0 aliphatic heterocycles. The van der Waals surface area contributed by atoms with Crippen LogP contribution >= 0.6 is 0 Å². The van der Waals surface area contributed by atoms with Crippen LogP contribution in [0.1, 0.15) is 45.4 Å². The van der Waals surface area contributed by atoms with Gasteiger partial charge in [-0.05, 0) is 42.2 Å².